The molecule has 2 saturated heterocycles. The maximum absolute atomic E-state index is 12.8. The number of nitrogens with one attached hydrogen (secondary N) is 1. The third-order valence-electron chi connectivity index (χ3n) is 4.76. The van der Waals surface area contributed by atoms with Crippen LogP contribution in [0, 0.1) is 0 Å². The summed E-state index contributed by atoms with van der Waals surface area (Å²) < 4.78 is 11.3. The SMILES string of the molecule is CCCN(C(=O)c1ccc(OCC2CCCO2)cc1)C1CCNC1. The Balaban J connectivity index is 1.59. The van der Waals surface area contributed by atoms with E-state index in [0.29, 0.717) is 12.6 Å². The zero-order valence-corrected chi connectivity index (χ0v) is 14.5. The van der Waals surface area contributed by atoms with Crippen LogP contribution in [0.4, 0.5) is 0 Å². The Labute approximate surface area is 144 Å². The summed E-state index contributed by atoms with van der Waals surface area (Å²) in [6.07, 6.45) is 4.41. The monoisotopic (exact) mass is 332 g/mol. The summed E-state index contributed by atoms with van der Waals surface area (Å²) in [5.74, 6) is 0.919. The van der Waals surface area contributed by atoms with Crippen LogP contribution in [0.25, 0.3) is 0 Å². The van der Waals surface area contributed by atoms with E-state index in [1.165, 1.54) is 0 Å². The molecule has 132 valence electrons. The van der Waals surface area contributed by atoms with Crippen molar-refractivity contribution >= 4 is 5.91 Å². The summed E-state index contributed by atoms with van der Waals surface area (Å²) in [4.78, 5) is 14.9. The van der Waals surface area contributed by atoms with Crippen LogP contribution < -0.4 is 10.1 Å². The maximum Gasteiger partial charge on any atom is 0.254 e. The van der Waals surface area contributed by atoms with Crippen molar-refractivity contribution in [1.29, 1.82) is 0 Å². The summed E-state index contributed by atoms with van der Waals surface area (Å²) in [6.45, 7) is 6.24. The molecular weight excluding hydrogens is 304 g/mol. The molecule has 3 rings (SSSR count). The first-order valence-corrected chi connectivity index (χ1v) is 9.14. The van der Waals surface area contributed by atoms with Crippen LogP contribution in [0.15, 0.2) is 24.3 Å². The van der Waals surface area contributed by atoms with Gasteiger partial charge in [0.25, 0.3) is 5.91 Å². The van der Waals surface area contributed by atoms with E-state index in [9.17, 15) is 4.79 Å². The lowest BCUT2D eigenvalue weighted by atomic mass is 10.1. The molecular formula is C19H28N2O3. The van der Waals surface area contributed by atoms with Crippen LogP contribution in [0.5, 0.6) is 5.75 Å². The molecule has 1 aromatic rings. The summed E-state index contributed by atoms with van der Waals surface area (Å²) >= 11 is 0. The van der Waals surface area contributed by atoms with Crippen molar-refractivity contribution in [2.24, 2.45) is 0 Å². The molecule has 2 aliphatic heterocycles. The van der Waals surface area contributed by atoms with E-state index in [-0.39, 0.29) is 12.0 Å². The molecule has 2 unspecified atom stereocenters. The first kappa shape index (κ1) is 17.2. The van der Waals surface area contributed by atoms with Crippen LogP contribution in [-0.2, 0) is 4.74 Å². The van der Waals surface area contributed by atoms with Crippen molar-refractivity contribution in [3.8, 4) is 5.75 Å². The van der Waals surface area contributed by atoms with Gasteiger partial charge in [0.2, 0.25) is 0 Å². The molecule has 0 aromatic heterocycles. The van der Waals surface area contributed by atoms with Crippen molar-refractivity contribution < 1.29 is 14.3 Å². The molecule has 24 heavy (non-hydrogen) atoms. The van der Waals surface area contributed by atoms with E-state index in [1.807, 2.05) is 29.2 Å². The highest BCUT2D eigenvalue weighted by Gasteiger charge is 2.26. The van der Waals surface area contributed by atoms with Gasteiger partial charge >= 0.3 is 0 Å². The van der Waals surface area contributed by atoms with Gasteiger partial charge in [-0.1, -0.05) is 6.92 Å². The first-order valence-electron chi connectivity index (χ1n) is 9.14. The number of benzene rings is 1. The van der Waals surface area contributed by atoms with Crippen molar-refractivity contribution in [2.75, 3.05) is 32.8 Å². The lowest BCUT2D eigenvalue weighted by molar-refractivity contribution is 0.0675. The molecule has 5 heteroatoms. The summed E-state index contributed by atoms with van der Waals surface area (Å²) in [7, 11) is 0. The van der Waals surface area contributed by atoms with E-state index >= 15 is 0 Å². The number of hydrogen-bond donors (Lipinski definition) is 1. The van der Waals surface area contributed by atoms with E-state index < -0.39 is 0 Å². The molecule has 1 amide bonds. The van der Waals surface area contributed by atoms with Crippen LogP contribution in [0.1, 0.15) is 43.0 Å². The average molecular weight is 332 g/mol. The topological polar surface area (TPSA) is 50.8 Å². The van der Waals surface area contributed by atoms with Crippen molar-refractivity contribution in [3.05, 3.63) is 29.8 Å². The van der Waals surface area contributed by atoms with Gasteiger partial charge in [0, 0.05) is 31.3 Å². The number of ether oxygens (including phenoxy) is 2. The van der Waals surface area contributed by atoms with Crippen LogP contribution in [-0.4, -0.2) is 55.8 Å². The number of amides is 1. The lowest BCUT2D eigenvalue weighted by Crippen LogP contribution is -2.42. The fourth-order valence-corrected chi connectivity index (χ4v) is 3.42. The summed E-state index contributed by atoms with van der Waals surface area (Å²) in [5, 5.41) is 3.34. The molecule has 0 saturated carbocycles. The van der Waals surface area contributed by atoms with Gasteiger partial charge < -0.3 is 19.7 Å². The second-order valence-corrected chi connectivity index (χ2v) is 6.62. The Kier molecular flexibility index (Phi) is 6.10. The van der Waals surface area contributed by atoms with Gasteiger partial charge in [-0.3, -0.25) is 4.79 Å². The van der Waals surface area contributed by atoms with E-state index in [1.54, 1.807) is 0 Å². The van der Waals surface area contributed by atoms with Gasteiger partial charge in [0.05, 0.1) is 6.10 Å². The highest BCUT2D eigenvalue weighted by molar-refractivity contribution is 5.94. The Bertz CT molecular complexity index is 520. The van der Waals surface area contributed by atoms with E-state index in [2.05, 4.69) is 12.2 Å². The number of rotatable bonds is 7. The van der Waals surface area contributed by atoms with Gasteiger partial charge in [0.15, 0.2) is 0 Å². The molecule has 2 aliphatic rings. The standard InChI is InChI=1S/C19H28N2O3/c1-2-11-21(16-9-10-20-13-16)19(22)15-5-7-17(8-6-15)24-14-18-4-3-12-23-18/h5-8,16,18,20H,2-4,9-14H2,1H3. The highest BCUT2D eigenvalue weighted by atomic mass is 16.5. The van der Waals surface area contributed by atoms with Crippen molar-refractivity contribution in [2.45, 2.75) is 44.8 Å². The Hall–Kier alpha value is -1.59. The Morgan fingerprint density at radius 1 is 1.33 bits per heavy atom. The molecule has 2 fully saturated rings. The average Bonchev–Trinajstić information content (AvgIpc) is 3.31. The summed E-state index contributed by atoms with van der Waals surface area (Å²) in [6, 6.07) is 7.84. The summed E-state index contributed by atoms with van der Waals surface area (Å²) in [5.41, 5.74) is 0.736. The molecule has 1 aromatic carbocycles. The third kappa shape index (κ3) is 4.28. The quantitative estimate of drug-likeness (QED) is 0.833. The number of carbonyl (C=O) groups excluding carboxylic acids is 1. The normalized spacial score (nSPS) is 23.4. The molecule has 2 atom stereocenters. The Morgan fingerprint density at radius 3 is 2.79 bits per heavy atom. The first-order chi connectivity index (χ1) is 11.8. The van der Waals surface area contributed by atoms with Gasteiger partial charge in [-0.05, 0) is 56.5 Å². The van der Waals surface area contributed by atoms with Crippen LogP contribution >= 0.6 is 0 Å². The van der Waals surface area contributed by atoms with E-state index in [0.717, 1.165) is 63.2 Å². The maximum atomic E-state index is 12.8. The second kappa shape index (κ2) is 8.49. The lowest BCUT2D eigenvalue weighted by Gasteiger charge is -2.28. The smallest absolute Gasteiger partial charge is 0.254 e. The van der Waals surface area contributed by atoms with Gasteiger partial charge in [-0.15, -0.1) is 0 Å². The molecule has 0 bridgehead atoms. The molecule has 2 heterocycles. The van der Waals surface area contributed by atoms with E-state index in [4.69, 9.17) is 9.47 Å². The van der Waals surface area contributed by atoms with Crippen molar-refractivity contribution in [3.63, 3.8) is 0 Å². The Morgan fingerprint density at radius 2 is 2.17 bits per heavy atom. The molecule has 0 spiro atoms. The minimum absolute atomic E-state index is 0.122. The largest absolute Gasteiger partial charge is 0.491 e. The number of nitrogens with zero attached hydrogens (tertiary/aromatic N) is 1. The zero-order valence-electron chi connectivity index (χ0n) is 14.5. The van der Waals surface area contributed by atoms with Gasteiger partial charge in [0.1, 0.15) is 12.4 Å². The molecule has 1 N–H and O–H groups in total. The van der Waals surface area contributed by atoms with Gasteiger partial charge in [-0.25, -0.2) is 0 Å². The van der Waals surface area contributed by atoms with Crippen molar-refractivity contribution in [1.82, 2.24) is 10.2 Å². The minimum Gasteiger partial charge on any atom is -0.491 e. The number of hydrogen-bond acceptors (Lipinski definition) is 4. The second-order valence-electron chi connectivity index (χ2n) is 6.62. The molecule has 0 aliphatic carbocycles. The predicted octanol–water partition coefficient (Wildman–Crippen LogP) is 2.46. The highest BCUT2D eigenvalue weighted by Crippen LogP contribution is 2.19. The molecule has 0 radical (unpaired) electrons. The number of carbonyl (C=O) groups is 1. The molecule has 5 nitrogen and oxygen atoms in total. The fraction of sp³-hybridized carbons (Fsp3) is 0.632. The minimum atomic E-state index is 0.122. The van der Waals surface area contributed by atoms with Crippen LogP contribution in [0.3, 0.4) is 0 Å². The zero-order chi connectivity index (χ0) is 16.8. The third-order valence-corrected chi connectivity index (χ3v) is 4.76. The predicted molar refractivity (Wildman–Crippen MR) is 93.5 cm³/mol. The fourth-order valence-electron chi connectivity index (χ4n) is 3.42. The van der Waals surface area contributed by atoms with Crippen LogP contribution in [0.2, 0.25) is 0 Å². The van der Waals surface area contributed by atoms with Gasteiger partial charge in [-0.2, -0.15) is 0 Å².